The molecule has 0 saturated carbocycles. The Labute approximate surface area is 184 Å². The molecule has 2 aromatic carbocycles. The molecular weight excluding hydrogens is 410 g/mol. The van der Waals surface area contributed by atoms with E-state index in [1.165, 1.54) is 11.3 Å². The first kappa shape index (κ1) is 20.8. The third-order valence-corrected chi connectivity index (χ3v) is 6.18. The van der Waals surface area contributed by atoms with Gasteiger partial charge in [0.05, 0.1) is 12.1 Å². The van der Waals surface area contributed by atoms with E-state index >= 15 is 0 Å². The van der Waals surface area contributed by atoms with Gasteiger partial charge in [-0.05, 0) is 28.6 Å². The maximum atomic E-state index is 13.2. The van der Waals surface area contributed by atoms with Crippen LogP contribution in [0.4, 0.5) is 5.69 Å². The monoisotopic (exact) mass is 433 g/mol. The minimum atomic E-state index is -0.789. The number of rotatable bonds is 6. The molecule has 31 heavy (non-hydrogen) atoms. The fraction of sp³-hybridized carbons (Fsp3) is 0.208. The maximum Gasteiger partial charge on any atom is 0.253 e. The van der Waals surface area contributed by atoms with Crippen LogP contribution >= 0.6 is 11.3 Å². The first-order chi connectivity index (χ1) is 15.0. The highest BCUT2D eigenvalue weighted by Crippen LogP contribution is 2.39. The molecule has 0 bridgehead atoms. The second kappa shape index (κ2) is 9.14. The van der Waals surface area contributed by atoms with Gasteiger partial charge in [0.1, 0.15) is 6.04 Å². The fourth-order valence-electron chi connectivity index (χ4n) is 3.76. The Bertz CT molecular complexity index is 1110. The Balaban J connectivity index is 1.45. The molecule has 0 radical (unpaired) electrons. The maximum absolute atomic E-state index is 13.2. The molecule has 158 valence electrons. The largest absolute Gasteiger partial charge is 0.355 e. The van der Waals surface area contributed by atoms with Gasteiger partial charge >= 0.3 is 0 Å². The Kier molecular flexibility index (Phi) is 6.13. The second-order valence-electron chi connectivity index (χ2n) is 7.36. The van der Waals surface area contributed by atoms with Crippen LogP contribution in [0.5, 0.6) is 0 Å². The van der Waals surface area contributed by atoms with Crippen LogP contribution in [0.15, 0.2) is 66.0 Å². The Morgan fingerprint density at radius 1 is 0.968 bits per heavy atom. The molecule has 0 aliphatic carbocycles. The van der Waals surface area contributed by atoms with Crippen molar-refractivity contribution >= 4 is 34.7 Å². The Morgan fingerprint density at radius 3 is 2.48 bits per heavy atom. The average molecular weight is 434 g/mol. The highest BCUT2D eigenvalue weighted by molar-refractivity contribution is 7.10. The molecule has 1 unspecified atom stereocenters. The molecule has 2 heterocycles. The summed E-state index contributed by atoms with van der Waals surface area (Å²) in [5.41, 5.74) is 3.44. The van der Waals surface area contributed by atoms with Crippen LogP contribution in [0.1, 0.15) is 22.9 Å². The molecule has 1 aliphatic rings. The summed E-state index contributed by atoms with van der Waals surface area (Å²) in [6.07, 6.45) is 0.398. The molecule has 3 amide bonds. The number of amides is 3. The summed E-state index contributed by atoms with van der Waals surface area (Å²) in [5, 5.41) is 7.56. The van der Waals surface area contributed by atoms with E-state index in [0.717, 1.165) is 27.3 Å². The first-order valence-corrected chi connectivity index (χ1v) is 11.0. The van der Waals surface area contributed by atoms with E-state index in [2.05, 4.69) is 10.6 Å². The second-order valence-corrected chi connectivity index (χ2v) is 8.39. The standard InChI is InChI=1S/C24H23N3O3S/c1-27-20-11-5-4-9-18(20)17-8-2-3-10-19(17)23(24(27)30)26-21(28)12-13-25-22(29)15-16-7-6-14-31-16/h2-11,14,23H,12-13,15H2,1H3,(H,25,29)(H,26,28). The number of para-hydroxylation sites is 1. The van der Waals surface area contributed by atoms with Crippen molar-refractivity contribution in [2.45, 2.75) is 18.9 Å². The van der Waals surface area contributed by atoms with Crippen molar-refractivity contribution in [3.8, 4) is 11.1 Å². The summed E-state index contributed by atoms with van der Waals surface area (Å²) in [6, 6.07) is 18.3. The molecule has 0 fully saturated rings. The lowest BCUT2D eigenvalue weighted by Crippen LogP contribution is -2.41. The summed E-state index contributed by atoms with van der Waals surface area (Å²) in [7, 11) is 1.72. The summed E-state index contributed by atoms with van der Waals surface area (Å²) in [6.45, 7) is 0.217. The average Bonchev–Trinajstić information content (AvgIpc) is 3.27. The normalized spacial score (nSPS) is 14.9. The van der Waals surface area contributed by atoms with Crippen molar-refractivity contribution in [2.75, 3.05) is 18.5 Å². The number of likely N-dealkylation sites (N-methyl/N-ethyl adjacent to an activating group) is 1. The number of benzene rings is 2. The predicted octanol–water partition coefficient (Wildman–Crippen LogP) is 3.30. The van der Waals surface area contributed by atoms with Gasteiger partial charge in [-0.1, -0.05) is 48.5 Å². The lowest BCUT2D eigenvalue weighted by Gasteiger charge is -2.23. The van der Waals surface area contributed by atoms with Gasteiger partial charge in [0.25, 0.3) is 5.91 Å². The number of nitrogens with zero attached hydrogens (tertiary/aromatic N) is 1. The van der Waals surface area contributed by atoms with E-state index in [9.17, 15) is 14.4 Å². The molecule has 1 aliphatic heterocycles. The van der Waals surface area contributed by atoms with Crippen LogP contribution in [0, 0.1) is 0 Å². The molecule has 6 nitrogen and oxygen atoms in total. The molecule has 0 spiro atoms. The number of hydrogen-bond acceptors (Lipinski definition) is 4. The molecule has 1 atom stereocenters. The number of hydrogen-bond donors (Lipinski definition) is 2. The molecular formula is C24H23N3O3S. The van der Waals surface area contributed by atoms with Crippen LogP contribution < -0.4 is 15.5 Å². The quantitative estimate of drug-likeness (QED) is 0.626. The van der Waals surface area contributed by atoms with Crippen LogP contribution in [-0.4, -0.2) is 31.3 Å². The lowest BCUT2D eigenvalue weighted by molar-refractivity contribution is -0.127. The number of thiophene rings is 1. The van der Waals surface area contributed by atoms with Crippen LogP contribution in [0.2, 0.25) is 0 Å². The van der Waals surface area contributed by atoms with Crippen LogP contribution in [0.3, 0.4) is 0 Å². The third-order valence-electron chi connectivity index (χ3n) is 5.30. The molecule has 1 aromatic heterocycles. The van der Waals surface area contributed by atoms with Crippen LogP contribution in [-0.2, 0) is 20.8 Å². The van der Waals surface area contributed by atoms with Gasteiger partial charge in [-0.2, -0.15) is 0 Å². The number of fused-ring (bicyclic) bond motifs is 3. The van der Waals surface area contributed by atoms with E-state index in [4.69, 9.17) is 0 Å². The predicted molar refractivity (Wildman–Crippen MR) is 122 cm³/mol. The summed E-state index contributed by atoms with van der Waals surface area (Å²) < 4.78 is 0. The molecule has 3 aromatic rings. The van der Waals surface area contributed by atoms with Crippen molar-refractivity contribution in [1.29, 1.82) is 0 Å². The first-order valence-electron chi connectivity index (χ1n) is 10.1. The number of nitrogens with one attached hydrogen (secondary N) is 2. The van der Waals surface area contributed by atoms with Gasteiger partial charge in [0.2, 0.25) is 11.8 Å². The summed E-state index contributed by atoms with van der Waals surface area (Å²) >= 11 is 1.52. The van der Waals surface area contributed by atoms with Crippen molar-refractivity contribution in [2.24, 2.45) is 0 Å². The van der Waals surface area contributed by atoms with E-state index in [0.29, 0.717) is 6.42 Å². The van der Waals surface area contributed by atoms with Crippen molar-refractivity contribution in [3.63, 3.8) is 0 Å². The topological polar surface area (TPSA) is 78.5 Å². The lowest BCUT2D eigenvalue weighted by atomic mass is 9.95. The minimum Gasteiger partial charge on any atom is -0.355 e. The molecule has 0 saturated heterocycles. The van der Waals surface area contributed by atoms with Crippen molar-refractivity contribution in [1.82, 2.24) is 10.6 Å². The van der Waals surface area contributed by atoms with Crippen LogP contribution in [0.25, 0.3) is 11.1 Å². The number of carbonyl (C=O) groups is 3. The summed E-state index contributed by atoms with van der Waals surface area (Å²) in [5.74, 6) is -0.613. The highest BCUT2D eigenvalue weighted by Gasteiger charge is 2.32. The zero-order valence-corrected chi connectivity index (χ0v) is 17.9. The van der Waals surface area contributed by atoms with E-state index in [1.807, 2.05) is 66.0 Å². The van der Waals surface area contributed by atoms with Gasteiger partial charge in [0.15, 0.2) is 0 Å². The van der Waals surface area contributed by atoms with Crippen molar-refractivity contribution < 1.29 is 14.4 Å². The number of carbonyl (C=O) groups excluding carboxylic acids is 3. The van der Waals surface area contributed by atoms with Gasteiger partial charge in [0, 0.05) is 30.5 Å². The Morgan fingerprint density at radius 2 is 1.71 bits per heavy atom. The molecule has 2 N–H and O–H groups in total. The van der Waals surface area contributed by atoms with Gasteiger partial charge in [-0.25, -0.2) is 0 Å². The third kappa shape index (κ3) is 4.51. The minimum absolute atomic E-state index is 0.0960. The SMILES string of the molecule is CN1C(=O)C(NC(=O)CCNC(=O)Cc2cccs2)c2ccccc2-c2ccccc21. The van der Waals surface area contributed by atoms with Gasteiger partial charge in [-0.3, -0.25) is 14.4 Å². The molecule has 4 rings (SSSR count). The van der Waals surface area contributed by atoms with E-state index < -0.39 is 6.04 Å². The zero-order valence-electron chi connectivity index (χ0n) is 17.1. The van der Waals surface area contributed by atoms with Gasteiger partial charge < -0.3 is 15.5 Å². The smallest absolute Gasteiger partial charge is 0.253 e. The van der Waals surface area contributed by atoms with Crippen molar-refractivity contribution in [3.05, 3.63) is 76.5 Å². The number of anilines is 1. The highest BCUT2D eigenvalue weighted by atomic mass is 32.1. The Hall–Kier alpha value is -3.45. The zero-order chi connectivity index (χ0) is 21.8. The van der Waals surface area contributed by atoms with Gasteiger partial charge in [-0.15, -0.1) is 11.3 Å². The molecule has 7 heteroatoms. The van der Waals surface area contributed by atoms with E-state index in [1.54, 1.807) is 11.9 Å². The van der Waals surface area contributed by atoms with E-state index in [-0.39, 0.29) is 30.7 Å². The summed E-state index contributed by atoms with van der Waals surface area (Å²) in [4.78, 5) is 40.4. The fourth-order valence-corrected chi connectivity index (χ4v) is 4.46.